The Hall–Kier alpha value is -0.700. The lowest BCUT2D eigenvalue weighted by molar-refractivity contribution is 0.0801. The molecule has 1 aromatic rings. The summed E-state index contributed by atoms with van der Waals surface area (Å²) in [7, 11) is -1.75. The minimum atomic E-state index is -3.71. The van der Waals surface area contributed by atoms with Crippen molar-refractivity contribution >= 4 is 31.6 Å². The number of nitrogens with two attached hydrogens (primary N) is 1. The van der Waals surface area contributed by atoms with Crippen LogP contribution in [0.1, 0.15) is 13.8 Å². The zero-order chi connectivity index (χ0) is 16.0. The van der Waals surface area contributed by atoms with Gasteiger partial charge in [-0.05, 0) is 49.0 Å². The molecule has 1 aliphatic rings. The van der Waals surface area contributed by atoms with E-state index in [1.807, 2.05) is 20.9 Å². The third-order valence-electron chi connectivity index (χ3n) is 3.95. The Bertz CT molecular complexity index is 664. The fourth-order valence-corrected chi connectivity index (χ4v) is 4.88. The highest BCUT2D eigenvalue weighted by Gasteiger charge is 2.38. The summed E-state index contributed by atoms with van der Waals surface area (Å²) in [5.74, 6) is -0.639. The minimum Gasteiger partial charge on any atom is -0.396 e. The van der Waals surface area contributed by atoms with E-state index in [1.54, 1.807) is 0 Å². The van der Waals surface area contributed by atoms with E-state index in [0.29, 0.717) is 19.6 Å². The Morgan fingerprint density at radius 1 is 1.33 bits per heavy atom. The van der Waals surface area contributed by atoms with Crippen LogP contribution in [0.5, 0.6) is 0 Å². The lowest BCUT2D eigenvalue weighted by Crippen LogP contribution is -2.58. The van der Waals surface area contributed by atoms with Gasteiger partial charge in [-0.25, -0.2) is 12.8 Å². The van der Waals surface area contributed by atoms with Crippen LogP contribution in [0.4, 0.5) is 10.1 Å². The predicted molar refractivity (Wildman–Crippen MR) is 84.0 cm³/mol. The molecular weight excluding hydrogens is 361 g/mol. The van der Waals surface area contributed by atoms with Crippen LogP contribution in [-0.4, -0.2) is 49.8 Å². The molecule has 1 saturated heterocycles. The summed E-state index contributed by atoms with van der Waals surface area (Å²) >= 11 is 3.11. The second-order valence-corrected chi connectivity index (χ2v) is 8.64. The van der Waals surface area contributed by atoms with Gasteiger partial charge in [0.1, 0.15) is 5.82 Å². The van der Waals surface area contributed by atoms with Crippen molar-refractivity contribution in [2.24, 2.45) is 0 Å². The van der Waals surface area contributed by atoms with E-state index in [1.165, 1.54) is 10.4 Å². The first-order valence-electron chi connectivity index (χ1n) is 6.51. The van der Waals surface area contributed by atoms with Gasteiger partial charge in [-0.3, -0.25) is 4.90 Å². The summed E-state index contributed by atoms with van der Waals surface area (Å²) in [6, 6.07) is 2.25. The molecule has 2 N–H and O–H groups in total. The zero-order valence-electron chi connectivity index (χ0n) is 12.2. The van der Waals surface area contributed by atoms with Crippen LogP contribution in [0.25, 0.3) is 0 Å². The van der Waals surface area contributed by atoms with Crippen molar-refractivity contribution in [3.8, 4) is 0 Å². The van der Waals surface area contributed by atoms with Gasteiger partial charge < -0.3 is 5.73 Å². The van der Waals surface area contributed by atoms with E-state index in [9.17, 15) is 12.8 Å². The van der Waals surface area contributed by atoms with E-state index in [-0.39, 0.29) is 20.6 Å². The molecule has 0 saturated carbocycles. The van der Waals surface area contributed by atoms with E-state index in [4.69, 9.17) is 5.73 Å². The largest absolute Gasteiger partial charge is 0.396 e. The Morgan fingerprint density at radius 3 is 2.52 bits per heavy atom. The molecule has 1 fully saturated rings. The summed E-state index contributed by atoms with van der Waals surface area (Å²) < 4.78 is 40.5. The number of nitrogens with zero attached hydrogens (tertiary/aromatic N) is 2. The molecular formula is C13H19BrFN3O2S. The van der Waals surface area contributed by atoms with E-state index >= 15 is 0 Å². The number of halogens is 2. The molecule has 5 nitrogen and oxygen atoms in total. The lowest BCUT2D eigenvalue weighted by Gasteiger charge is -2.44. The van der Waals surface area contributed by atoms with Gasteiger partial charge >= 0.3 is 0 Å². The van der Waals surface area contributed by atoms with Gasteiger partial charge in [0.05, 0.1) is 10.6 Å². The smallest absolute Gasteiger partial charge is 0.244 e. The number of piperazine rings is 1. The van der Waals surface area contributed by atoms with Crippen LogP contribution in [0, 0.1) is 5.82 Å². The van der Waals surface area contributed by atoms with Gasteiger partial charge in [-0.2, -0.15) is 4.31 Å². The Labute approximate surface area is 133 Å². The van der Waals surface area contributed by atoms with Gasteiger partial charge in [-0.1, -0.05) is 0 Å². The average Bonchev–Trinajstić information content (AvgIpc) is 2.36. The third-order valence-corrected chi connectivity index (χ3v) is 6.75. The highest BCUT2D eigenvalue weighted by Crippen LogP contribution is 2.31. The summed E-state index contributed by atoms with van der Waals surface area (Å²) in [5, 5.41) is 0. The van der Waals surface area contributed by atoms with Crippen molar-refractivity contribution in [2.45, 2.75) is 24.3 Å². The predicted octanol–water partition coefficient (Wildman–Crippen LogP) is 1.89. The molecule has 1 aromatic carbocycles. The standard InChI is InChI=1S/C13H19BrFN3O2S/c1-13(2)8-18(5-4-17(13)3)21(19,20)12-7-11(16)10(15)6-9(12)14/h6-7H,4-5,8,16H2,1-3H3. The number of benzene rings is 1. The fourth-order valence-electron chi connectivity index (χ4n) is 2.28. The molecule has 0 bridgehead atoms. The van der Waals surface area contributed by atoms with Crippen LogP contribution in [0.2, 0.25) is 0 Å². The van der Waals surface area contributed by atoms with Crippen molar-refractivity contribution < 1.29 is 12.8 Å². The second kappa shape index (κ2) is 5.49. The number of hydrogen-bond donors (Lipinski definition) is 1. The van der Waals surface area contributed by atoms with Crippen LogP contribution < -0.4 is 5.73 Å². The normalized spacial score (nSPS) is 20.6. The summed E-state index contributed by atoms with van der Waals surface area (Å²) in [5.41, 5.74) is 5.07. The fraction of sp³-hybridized carbons (Fsp3) is 0.538. The minimum absolute atomic E-state index is 0.00162. The molecule has 1 aliphatic heterocycles. The summed E-state index contributed by atoms with van der Waals surface area (Å²) in [6.07, 6.45) is 0. The van der Waals surface area contributed by atoms with Gasteiger partial charge in [0.25, 0.3) is 0 Å². The number of likely N-dealkylation sites (N-methyl/N-ethyl adjacent to an activating group) is 1. The molecule has 0 amide bonds. The summed E-state index contributed by atoms with van der Waals surface area (Å²) in [6.45, 7) is 5.38. The van der Waals surface area contributed by atoms with Gasteiger partial charge in [0, 0.05) is 29.6 Å². The Kier molecular flexibility index (Phi) is 4.36. The molecule has 21 heavy (non-hydrogen) atoms. The molecule has 0 spiro atoms. The molecule has 0 aromatic heterocycles. The van der Waals surface area contributed by atoms with Gasteiger partial charge in [-0.15, -0.1) is 0 Å². The first-order chi connectivity index (χ1) is 9.55. The topological polar surface area (TPSA) is 66.6 Å². The van der Waals surface area contributed by atoms with Crippen LogP contribution >= 0.6 is 15.9 Å². The lowest BCUT2D eigenvalue weighted by atomic mass is 10.0. The van der Waals surface area contributed by atoms with Crippen LogP contribution in [-0.2, 0) is 10.0 Å². The maximum Gasteiger partial charge on any atom is 0.244 e. The monoisotopic (exact) mass is 379 g/mol. The van der Waals surface area contributed by atoms with Gasteiger partial charge in [0.2, 0.25) is 10.0 Å². The molecule has 0 aliphatic carbocycles. The van der Waals surface area contributed by atoms with E-state index in [0.717, 1.165) is 6.07 Å². The summed E-state index contributed by atoms with van der Waals surface area (Å²) in [4.78, 5) is 2.12. The average molecular weight is 380 g/mol. The first kappa shape index (κ1) is 16.7. The number of sulfonamides is 1. The maximum absolute atomic E-state index is 13.4. The van der Waals surface area contributed by atoms with E-state index < -0.39 is 15.8 Å². The molecule has 8 heteroatoms. The first-order valence-corrected chi connectivity index (χ1v) is 8.75. The Morgan fingerprint density at radius 2 is 1.95 bits per heavy atom. The highest BCUT2D eigenvalue weighted by atomic mass is 79.9. The van der Waals surface area contributed by atoms with E-state index in [2.05, 4.69) is 20.8 Å². The number of rotatable bonds is 2. The molecule has 0 radical (unpaired) electrons. The Balaban J connectivity index is 2.42. The molecule has 1 heterocycles. The molecule has 118 valence electrons. The molecule has 0 unspecified atom stereocenters. The highest BCUT2D eigenvalue weighted by molar-refractivity contribution is 9.10. The van der Waals surface area contributed by atoms with Crippen molar-refractivity contribution in [3.63, 3.8) is 0 Å². The number of hydrogen-bond acceptors (Lipinski definition) is 4. The van der Waals surface area contributed by atoms with Crippen molar-refractivity contribution in [2.75, 3.05) is 32.4 Å². The van der Waals surface area contributed by atoms with Crippen LogP contribution in [0.15, 0.2) is 21.5 Å². The van der Waals surface area contributed by atoms with Crippen molar-refractivity contribution in [3.05, 3.63) is 22.4 Å². The van der Waals surface area contributed by atoms with Crippen molar-refractivity contribution in [1.29, 1.82) is 0 Å². The maximum atomic E-state index is 13.4. The SMILES string of the molecule is CN1CCN(S(=O)(=O)c2cc(N)c(F)cc2Br)CC1(C)C. The zero-order valence-corrected chi connectivity index (χ0v) is 14.6. The second-order valence-electron chi connectivity index (χ2n) is 5.88. The quantitative estimate of drug-likeness (QED) is 0.796. The number of anilines is 1. The number of nitrogen functional groups attached to an aromatic ring is 1. The third kappa shape index (κ3) is 3.08. The van der Waals surface area contributed by atoms with Gasteiger partial charge in [0.15, 0.2) is 0 Å². The molecule has 0 atom stereocenters. The van der Waals surface area contributed by atoms with Crippen LogP contribution in [0.3, 0.4) is 0 Å². The van der Waals surface area contributed by atoms with Crippen molar-refractivity contribution in [1.82, 2.24) is 9.21 Å². The molecule has 2 rings (SSSR count).